The molecule has 1 aliphatic rings. The first-order valence-electron chi connectivity index (χ1n) is 5.85. The summed E-state index contributed by atoms with van der Waals surface area (Å²) >= 11 is 1.70. The molecule has 0 saturated carbocycles. The minimum atomic E-state index is 0.266. The van der Waals surface area contributed by atoms with Gasteiger partial charge in [0.15, 0.2) is 5.78 Å². The Labute approximate surface area is 101 Å². The van der Waals surface area contributed by atoms with E-state index in [0.29, 0.717) is 12.8 Å². The lowest BCUT2D eigenvalue weighted by atomic mass is 9.99. The molecule has 0 radical (unpaired) electrons. The van der Waals surface area contributed by atoms with Crippen LogP contribution in [0.2, 0.25) is 0 Å². The normalized spacial score (nSPS) is 13.8. The highest BCUT2D eigenvalue weighted by Gasteiger charge is 2.16. The lowest BCUT2D eigenvalue weighted by Crippen LogP contribution is -1.97. The molecule has 0 bridgehead atoms. The average molecular weight is 232 g/mol. The van der Waals surface area contributed by atoms with E-state index < -0.39 is 0 Å². The number of fused-ring (bicyclic) bond motifs is 1. The smallest absolute Gasteiger partial charge is 0.173 e. The van der Waals surface area contributed by atoms with Gasteiger partial charge in [0.2, 0.25) is 0 Å². The molecule has 2 heteroatoms. The Kier molecular flexibility index (Phi) is 3.79. The molecular weight excluding hydrogens is 216 g/mol. The third-order valence-electron chi connectivity index (χ3n) is 2.93. The van der Waals surface area contributed by atoms with Crippen LogP contribution in [-0.4, -0.2) is 5.78 Å². The first-order chi connectivity index (χ1) is 7.81. The van der Waals surface area contributed by atoms with Gasteiger partial charge >= 0.3 is 0 Å². The van der Waals surface area contributed by atoms with Crippen molar-refractivity contribution in [2.45, 2.75) is 45.4 Å². The summed E-state index contributed by atoms with van der Waals surface area (Å²) in [7, 11) is 0. The number of rotatable bonds is 3. The fourth-order valence-electron chi connectivity index (χ4n) is 2.05. The maximum atomic E-state index is 11.9. The van der Waals surface area contributed by atoms with Crippen molar-refractivity contribution < 1.29 is 4.79 Å². The maximum absolute atomic E-state index is 11.9. The van der Waals surface area contributed by atoms with Gasteiger partial charge in [-0.15, -0.1) is 23.2 Å². The van der Waals surface area contributed by atoms with Crippen molar-refractivity contribution in [2.75, 3.05) is 0 Å². The average Bonchev–Trinajstić information content (AvgIpc) is 2.73. The van der Waals surface area contributed by atoms with E-state index in [4.69, 9.17) is 0 Å². The molecular formula is C14H16OS. The van der Waals surface area contributed by atoms with Crippen LogP contribution in [0.3, 0.4) is 0 Å². The molecule has 2 rings (SSSR count). The van der Waals surface area contributed by atoms with Crippen molar-refractivity contribution >= 4 is 17.1 Å². The first kappa shape index (κ1) is 11.4. The SMILES string of the molecule is CC#CCCC(=O)c1cc2c(s1)CCCC2. The molecule has 0 N–H and O–H groups in total. The molecule has 0 fully saturated rings. The summed E-state index contributed by atoms with van der Waals surface area (Å²) in [6, 6.07) is 2.11. The van der Waals surface area contributed by atoms with Gasteiger partial charge in [0.25, 0.3) is 0 Å². The fraction of sp³-hybridized carbons (Fsp3) is 0.500. The second-order valence-corrected chi connectivity index (χ2v) is 5.25. The van der Waals surface area contributed by atoms with Crippen LogP contribution >= 0.6 is 11.3 Å². The molecule has 1 heterocycles. The van der Waals surface area contributed by atoms with E-state index in [1.807, 2.05) is 6.92 Å². The van der Waals surface area contributed by atoms with E-state index in [-0.39, 0.29) is 5.78 Å². The zero-order valence-electron chi connectivity index (χ0n) is 9.64. The maximum Gasteiger partial charge on any atom is 0.173 e. The molecule has 0 atom stereocenters. The third kappa shape index (κ3) is 2.54. The quantitative estimate of drug-likeness (QED) is 0.574. The summed E-state index contributed by atoms with van der Waals surface area (Å²) in [5.41, 5.74) is 1.42. The van der Waals surface area contributed by atoms with Gasteiger partial charge in [-0.25, -0.2) is 0 Å². The number of ketones is 1. The predicted octanol–water partition coefficient (Wildman–Crippen LogP) is 3.61. The van der Waals surface area contributed by atoms with Crippen LogP contribution in [0.15, 0.2) is 6.07 Å². The topological polar surface area (TPSA) is 17.1 Å². The van der Waals surface area contributed by atoms with Gasteiger partial charge in [0, 0.05) is 17.7 Å². The molecule has 1 aromatic rings. The minimum absolute atomic E-state index is 0.266. The molecule has 1 aliphatic carbocycles. The molecule has 0 aliphatic heterocycles. The molecule has 16 heavy (non-hydrogen) atoms. The number of Topliss-reactive ketones (excluding diaryl/α,β-unsaturated/α-hetero) is 1. The molecule has 1 nitrogen and oxygen atoms in total. The summed E-state index contributed by atoms with van der Waals surface area (Å²) < 4.78 is 0. The van der Waals surface area contributed by atoms with Gasteiger partial charge in [0.1, 0.15) is 0 Å². The van der Waals surface area contributed by atoms with Gasteiger partial charge in [-0.05, 0) is 44.2 Å². The molecule has 0 unspecified atom stereocenters. The highest BCUT2D eigenvalue weighted by molar-refractivity contribution is 7.14. The molecule has 1 aromatic heterocycles. The van der Waals surface area contributed by atoms with Crippen molar-refractivity contribution in [1.82, 2.24) is 0 Å². The van der Waals surface area contributed by atoms with Crippen molar-refractivity contribution in [3.63, 3.8) is 0 Å². The number of carbonyl (C=O) groups is 1. The zero-order valence-corrected chi connectivity index (χ0v) is 10.5. The van der Waals surface area contributed by atoms with E-state index in [0.717, 1.165) is 11.3 Å². The van der Waals surface area contributed by atoms with Crippen molar-refractivity contribution in [2.24, 2.45) is 0 Å². The summed E-state index contributed by atoms with van der Waals surface area (Å²) in [4.78, 5) is 14.3. The Morgan fingerprint density at radius 1 is 1.44 bits per heavy atom. The van der Waals surface area contributed by atoms with Gasteiger partial charge in [0.05, 0.1) is 4.88 Å². The number of thiophene rings is 1. The molecule has 0 amide bonds. The predicted molar refractivity (Wildman–Crippen MR) is 68.0 cm³/mol. The summed E-state index contributed by atoms with van der Waals surface area (Å²) in [5.74, 6) is 6.03. The largest absolute Gasteiger partial charge is 0.293 e. The lowest BCUT2D eigenvalue weighted by molar-refractivity contribution is 0.0988. The Balaban J connectivity index is 2.05. The van der Waals surface area contributed by atoms with Crippen LogP contribution in [0.4, 0.5) is 0 Å². The van der Waals surface area contributed by atoms with Gasteiger partial charge in [-0.2, -0.15) is 0 Å². The second-order valence-electron chi connectivity index (χ2n) is 4.12. The van der Waals surface area contributed by atoms with Crippen LogP contribution in [0.1, 0.15) is 52.7 Å². The van der Waals surface area contributed by atoms with Gasteiger partial charge < -0.3 is 0 Å². The fourth-order valence-corrected chi connectivity index (χ4v) is 3.27. The van der Waals surface area contributed by atoms with Crippen molar-refractivity contribution in [3.05, 3.63) is 21.4 Å². The Morgan fingerprint density at radius 3 is 3.00 bits per heavy atom. The number of aryl methyl sites for hydroxylation is 2. The van der Waals surface area contributed by atoms with Crippen molar-refractivity contribution in [3.8, 4) is 11.8 Å². The third-order valence-corrected chi connectivity index (χ3v) is 4.20. The first-order valence-corrected chi connectivity index (χ1v) is 6.67. The van der Waals surface area contributed by atoms with Crippen LogP contribution in [0, 0.1) is 11.8 Å². The van der Waals surface area contributed by atoms with Crippen LogP contribution in [0.5, 0.6) is 0 Å². The van der Waals surface area contributed by atoms with E-state index in [9.17, 15) is 4.79 Å². The van der Waals surface area contributed by atoms with Gasteiger partial charge in [-0.1, -0.05) is 0 Å². The highest BCUT2D eigenvalue weighted by atomic mass is 32.1. The highest BCUT2D eigenvalue weighted by Crippen LogP contribution is 2.30. The second kappa shape index (κ2) is 5.32. The van der Waals surface area contributed by atoms with E-state index >= 15 is 0 Å². The Morgan fingerprint density at radius 2 is 2.25 bits per heavy atom. The Bertz CT molecular complexity index is 422. The van der Waals surface area contributed by atoms with Gasteiger partial charge in [-0.3, -0.25) is 4.79 Å². The van der Waals surface area contributed by atoms with E-state index in [1.165, 1.54) is 29.7 Å². The lowest BCUT2D eigenvalue weighted by Gasteiger charge is -2.08. The van der Waals surface area contributed by atoms with E-state index in [1.54, 1.807) is 11.3 Å². The number of hydrogen-bond donors (Lipinski definition) is 0. The van der Waals surface area contributed by atoms with Crippen LogP contribution in [-0.2, 0) is 12.8 Å². The molecule has 84 valence electrons. The molecule has 0 saturated heterocycles. The van der Waals surface area contributed by atoms with Crippen LogP contribution < -0.4 is 0 Å². The molecule has 0 spiro atoms. The number of hydrogen-bond acceptors (Lipinski definition) is 2. The zero-order chi connectivity index (χ0) is 11.4. The summed E-state index contributed by atoms with van der Waals surface area (Å²) in [6.07, 6.45) is 6.15. The minimum Gasteiger partial charge on any atom is -0.293 e. The molecule has 0 aromatic carbocycles. The number of carbonyl (C=O) groups excluding carboxylic acids is 1. The van der Waals surface area contributed by atoms with E-state index in [2.05, 4.69) is 17.9 Å². The standard InChI is InChI=1S/C14H16OS/c1-2-3-4-8-12(15)14-10-11-7-5-6-9-13(11)16-14/h10H,4-9H2,1H3. The summed E-state index contributed by atoms with van der Waals surface area (Å²) in [5, 5.41) is 0. The van der Waals surface area contributed by atoms with Crippen molar-refractivity contribution in [1.29, 1.82) is 0 Å². The monoisotopic (exact) mass is 232 g/mol. The summed E-state index contributed by atoms with van der Waals surface area (Å²) in [6.45, 7) is 1.81. The Hall–Kier alpha value is -1.07. The van der Waals surface area contributed by atoms with Crippen LogP contribution in [0.25, 0.3) is 0 Å².